The molecule has 0 bridgehead atoms. The van der Waals surface area contributed by atoms with Crippen molar-refractivity contribution in [1.82, 2.24) is 0 Å². The smallest absolute Gasteiger partial charge is 0.295 e. The van der Waals surface area contributed by atoms with Crippen molar-refractivity contribution in [2.45, 2.75) is 19.9 Å². The molecule has 0 aliphatic rings. The van der Waals surface area contributed by atoms with Crippen molar-refractivity contribution >= 4 is 11.4 Å². The van der Waals surface area contributed by atoms with Crippen LogP contribution >= 0.6 is 0 Å². The van der Waals surface area contributed by atoms with E-state index in [9.17, 15) is 14.5 Å². The lowest BCUT2D eigenvalue weighted by atomic mass is 10.1. The molecule has 1 N–H and O–H groups in total. The van der Waals surface area contributed by atoms with E-state index in [0.29, 0.717) is 11.3 Å². The van der Waals surface area contributed by atoms with Crippen LogP contribution in [0.4, 0.5) is 15.8 Å². The van der Waals surface area contributed by atoms with Crippen LogP contribution in [0.1, 0.15) is 24.1 Å². The lowest BCUT2D eigenvalue weighted by molar-refractivity contribution is -0.384. The number of anilines is 1. The van der Waals surface area contributed by atoms with Crippen LogP contribution in [0.25, 0.3) is 0 Å². The van der Waals surface area contributed by atoms with Gasteiger partial charge in [-0.2, -0.15) is 0 Å². The van der Waals surface area contributed by atoms with Crippen LogP contribution in [0.2, 0.25) is 0 Å². The zero-order chi connectivity index (χ0) is 14.7. The lowest BCUT2D eigenvalue weighted by Crippen LogP contribution is -2.09. The Balaban J connectivity index is 2.28. The predicted molar refractivity (Wildman–Crippen MR) is 76.3 cm³/mol. The third-order valence-corrected chi connectivity index (χ3v) is 3.16. The van der Waals surface area contributed by atoms with Crippen molar-refractivity contribution in [3.8, 4) is 0 Å². The Hall–Kier alpha value is -2.43. The van der Waals surface area contributed by atoms with Gasteiger partial charge in [0.05, 0.1) is 4.92 Å². The zero-order valence-electron chi connectivity index (χ0n) is 11.3. The summed E-state index contributed by atoms with van der Waals surface area (Å²) < 4.78 is 12.9. The largest absolute Gasteiger partial charge is 0.373 e. The molecule has 4 nitrogen and oxygen atoms in total. The van der Waals surface area contributed by atoms with Crippen LogP contribution in [0, 0.1) is 22.9 Å². The molecule has 0 amide bonds. The van der Waals surface area contributed by atoms with Crippen molar-refractivity contribution in [2.75, 3.05) is 5.32 Å². The zero-order valence-corrected chi connectivity index (χ0v) is 11.3. The van der Waals surface area contributed by atoms with Gasteiger partial charge < -0.3 is 5.32 Å². The van der Waals surface area contributed by atoms with Gasteiger partial charge in [0, 0.05) is 11.6 Å². The van der Waals surface area contributed by atoms with Crippen LogP contribution in [-0.4, -0.2) is 4.92 Å². The van der Waals surface area contributed by atoms with Gasteiger partial charge in [0.2, 0.25) is 0 Å². The van der Waals surface area contributed by atoms with Gasteiger partial charge in [-0.05, 0) is 37.6 Å². The third-order valence-electron chi connectivity index (χ3n) is 3.16. The number of hydrogen-bond acceptors (Lipinski definition) is 3. The lowest BCUT2D eigenvalue weighted by Gasteiger charge is -2.16. The second-order valence-corrected chi connectivity index (χ2v) is 4.65. The molecular formula is C15H15FN2O2. The van der Waals surface area contributed by atoms with Crippen LogP contribution in [0.15, 0.2) is 42.5 Å². The van der Waals surface area contributed by atoms with Gasteiger partial charge in [-0.1, -0.05) is 24.3 Å². The fraction of sp³-hybridized carbons (Fsp3) is 0.200. The topological polar surface area (TPSA) is 55.2 Å². The molecule has 2 aromatic carbocycles. The van der Waals surface area contributed by atoms with E-state index in [0.717, 1.165) is 5.56 Å². The molecule has 0 radical (unpaired) electrons. The molecule has 20 heavy (non-hydrogen) atoms. The van der Waals surface area contributed by atoms with E-state index in [2.05, 4.69) is 5.32 Å². The number of halogens is 1. The number of aryl methyl sites for hydroxylation is 1. The van der Waals surface area contributed by atoms with Crippen LogP contribution in [-0.2, 0) is 0 Å². The Morgan fingerprint density at radius 2 is 1.85 bits per heavy atom. The number of nitrogens with one attached hydrogen (secondary N) is 1. The summed E-state index contributed by atoms with van der Waals surface area (Å²) in [6.45, 7) is 3.57. The molecule has 0 aromatic heterocycles. The normalized spacial score (nSPS) is 11.9. The number of rotatable bonds is 4. The quantitative estimate of drug-likeness (QED) is 0.671. The minimum Gasteiger partial charge on any atom is -0.373 e. The summed E-state index contributed by atoms with van der Waals surface area (Å²) in [6, 6.07) is 11.1. The van der Waals surface area contributed by atoms with Gasteiger partial charge in [0.25, 0.3) is 5.69 Å². The van der Waals surface area contributed by atoms with Gasteiger partial charge in [0.1, 0.15) is 11.5 Å². The molecule has 0 saturated heterocycles. The molecule has 104 valence electrons. The highest BCUT2D eigenvalue weighted by molar-refractivity contribution is 5.65. The summed E-state index contributed by atoms with van der Waals surface area (Å²) in [5, 5.41) is 14.2. The maximum atomic E-state index is 12.9. The Morgan fingerprint density at radius 1 is 1.20 bits per heavy atom. The molecule has 0 saturated carbocycles. The monoisotopic (exact) mass is 274 g/mol. The van der Waals surface area contributed by atoms with Gasteiger partial charge in [-0.25, -0.2) is 4.39 Å². The highest BCUT2D eigenvalue weighted by Gasteiger charge is 2.18. The standard InChI is InChI=1S/C15H15FN2O2/c1-10-4-3-5-14(15(10)18(19)20)17-11(2)12-6-8-13(16)9-7-12/h3-9,11,17H,1-2H3. The van der Waals surface area contributed by atoms with E-state index in [-0.39, 0.29) is 17.5 Å². The first-order chi connectivity index (χ1) is 9.49. The number of hydrogen-bond donors (Lipinski definition) is 1. The van der Waals surface area contributed by atoms with Crippen molar-refractivity contribution in [1.29, 1.82) is 0 Å². The summed E-state index contributed by atoms with van der Waals surface area (Å²) >= 11 is 0. The Bertz CT molecular complexity index is 626. The molecule has 0 aliphatic heterocycles. The number of nitro benzene ring substituents is 1. The fourth-order valence-corrected chi connectivity index (χ4v) is 2.09. The number of nitrogens with zero attached hydrogens (tertiary/aromatic N) is 1. The summed E-state index contributed by atoms with van der Waals surface area (Å²) in [5.41, 5.74) is 2.00. The molecule has 5 heteroatoms. The van der Waals surface area contributed by atoms with Crippen LogP contribution < -0.4 is 5.32 Å². The number of para-hydroxylation sites is 1. The van der Waals surface area contributed by atoms with Crippen molar-refractivity contribution in [2.24, 2.45) is 0 Å². The van der Waals surface area contributed by atoms with E-state index in [1.165, 1.54) is 12.1 Å². The summed E-state index contributed by atoms with van der Waals surface area (Å²) in [7, 11) is 0. The highest BCUT2D eigenvalue weighted by atomic mass is 19.1. The first-order valence-electron chi connectivity index (χ1n) is 6.25. The van der Waals surface area contributed by atoms with Crippen molar-refractivity contribution in [3.05, 3.63) is 69.5 Å². The van der Waals surface area contributed by atoms with E-state index in [1.807, 2.05) is 6.92 Å². The van der Waals surface area contributed by atoms with Gasteiger partial charge >= 0.3 is 0 Å². The summed E-state index contributed by atoms with van der Waals surface area (Å²) in [4.78, 5) is 10.7. The maximum absolute atomic E-state index is 12.9. The third kappa shape index (κ3) is 2.93. The van der Waals surface area contributed by atoms with E-state index < -0.39 is 4.92 Å². The molecule has 0 aliphatic carbocycles. The number of benzene rings is 2. The molecule has 0 spiro atoms. The average molecular weight is 274 g/mol. The summed E-state index contributed by atoms with van der Waals surface area (Å²) in [6.07, 6.45) is 0. The minimum atomic E-state index is -0.394. The van der Waals surface area contributed by atoms with Gasteiger partial charge in [-0.3, -0.25) is 10.1 Å². The molecule has 0 heterocycles. The van der Waals surface area contributed by atoms with Gasteiger partial charge in [0.15, 0.2) is 0 Å². The van der Waals surface area contributed by atoms with Crippen molar-refractivity contribution < 1.29 is 9.31 Å². The molecule has 2 aromatic rings. The second kappa shape index (κ2) is 5.69. The Morgan fingerprint density at radius 3 is 2.45 bits per heavy atom. The molecule has 1 atom stereocenters. The van der Waals surface area contributed by atoms with E-state index >= 15 is 0 Å². The second-order valence-electron chi connectivity index (χ2n) is 4.65. The first-order valence-corrected chi connectivity index (χ1v) is 6.25. The van der Waals surface area contributed by atoms with E-state index in [4.69, 9.17) is 0 Å². The molecule has 2 rings (SSSR count). The maximum Gasteiger partial charge on any atom is 0.295 e. The van der Waals surface area contributed by atoms with Crippen LogP contribution in [0.5, 0.6) is 0 Å². The van der Waals surface area contributed by atoms with Crippen LogP contribution in [0.3, 0.4) is 0 Å². The highest BCUT2D eigenvalue weighted by Crippen LogP contribution is 2.30. The molecule has 1 unspecified atom stereocenters. The fourth-order valence-electron chi connectivity index (χ4n) is 2.09. The Kier molecular flexibility index (Phi) is 3.98. The molecular weight excluding hydrogens is 259 g/mol. The minimum absolute atomic E-state index is 0.0708. The molecule has 0 fully saturated rings. The van der Waals surface area contributed by atoms with Gasteiger partial charge in [-0.15, -0.1) is 0 Å². The SMILES string of the molecule is Cc1cccc(NC(C)c2ccc(F)cc2)c1[N+](=O)[O-]. The van der Waals surface area contributed by atoms with E-state index in [1.54, 1.807) is 37.3 Å². The average Bonchev–Trinajstić information content (AvgIpc) is 2.39. The Labute approximate surface area is 116 Å². The van der Waals surface area contributed by atoms with Crippen molar-refractivity contribution in [3.63, 3.8) is 0 Å². The predicted octanol–water partition coefficient (Wildman–Crippen LogP) is 4.22. The first kappa shape index (κ1) is 14.0. The number of nitro groups is 1. The summed E-state index contributed by atoms with van der Waals surface area (Å²) in [5.74, 6) is -0.303.